The summed E-state index contributed by atoms with van der Waals surface area (Å²) in [5.74, 6) is -1.28. The minimum absolute atomic E-state index is 0.00191. The zero-order valence-corrected chi connectivity index (χ0v) is 33.0. The first-order valence-electron chi connectivity index (χ1n) is 20.1. The topological polar surface area (TPSA) is 218 Å². The van der Waals surface area contributed by atoms with Crippen LogP contribution in [0.5, 0.6) is 11.5 Å². The molecule has 2 atom stereocenters. The van der Waals surface area contributed by atoms with Crippen LogP contribution in [0.1, 0.15) is 75.6 Å². The highest BCUT2D eigenvalue weighted by Gasteiger charge is 2.46. The molecule has 0 aliphatic carbocycles. The molecule has 1 unspecified atom stereocenters. The average Bonchev–Trinajstić information content (AvgIpc) is 3.77. The zero-order valence-electron chi connectivity index (χ0n) is 33.0. The van der Waals surface area contributed by atoms with Gasteiger partial charge in [-0.15, -0.1) is 0 Å². The highest BCUT2D eigenvalue weighted by molar-refractivity contribution is 6.25. The van der Waals surface area contributed by atoms with Crippen LogP contribution in [-0.2, 0) is 19.2 Å². The molecular formula is C43H45N9O8. The van der Waals surface area contributed by atoms with E-state index in [0.717, 1.165) is 29.7 Å². The molecular weight excluding hydrogens is 771 g/mol. The largest absolute Gasteiger partial charge is 0.457 e. The molecule has 2 saturated heterocycles. The summed E-state index contributed by atoms with van der Waals surface area (Å²) in [6, 6.07) is 20.4. The monoisotopic (exact) mass is 815 g/mol. The lowest BCUT2D eigenvalue weighted by Gasteiger charge is -2.38. The molecule has 4 aliphatic rings. The van der Waals surface area contributed by atoms with Crippen molar-refractivity contribution in [3.8, 4) is 22.8 Å². The number of amides is 7. The molecule has 17 heteroatoms. The zero-order chi connectivity index (χ0) is 42.1. The summed E-state index contributed by atoms with van der Waals surface area (Å²) >= 11 is 0. The summed E-state index contributed by atoms with van der Waals surface area (Å²) in [6.07, 6.45) is 2.44. The lowest BCUT2D eigenvalue weighted by molar-refractivity contribution is -0.137. The minimum Gasteiger partial charge on any atom is -0.457 e. The molecule has 2 fully saturated rings. The number of nitrogens with one attached hydrogen (secondary N) is 3. The Labute approximate surface area is 345 Å². The third kappa shape index (κ3) is 7.77. The van der Waals surface area contributed by atoms with Crippen molar-refractivity contribution >= 4 is 52.9 Å². The lowest BCUT2D eigenvalue weighted by Crippen LogP contribution is -2.54. The fraction of sp³-hybridized carbons (Fsp3) is 0.349. The van der Waals surface area contributed by atoms with Gasteiger partial charge in [0.25, 0.3) is 17.7 Å². The molecule has 1 aromatic heterocycles. The van der Waals surface area contributed by atoms with Crippen LogP contribution in [0.25, 0.3) is 11.3 Å². The van der Waals surface area contributed by atoms with E-state index < -0.39 is 35.6 Å². The summed E-state index contributed by atoms with van der Waals surface area (Å²) < 4.78 is 7.84. The van der Waals surface area contributed by atoms with E-state index in [2.05, 4.69) is 16.0 Å². The molecule has 5 heterocycles. The predicted molar refractivity (Wildman–Crippen MR) is 218 cm³/mol. The number of nitrogens with zero attached hydrogens (tertiary/aromatic N) is 5. The summed E-state index contributed by atoms with van der Waals surface area (Å²) in [7, 11) is 1.60. The molecule has 0 radical (unpaired) electrons. The highest BCUT2D eigenvalue weighted by Crippen LogP contribution is 2.40. The molecule has 8 rings (SSSR count). The Morgan fingerprint density at radius 2 is 1.63 bits per heavy atom. The number of hydrogen-bond acceptors (Lipinski definition) is 11. The molecule has 60 heavy (non-hydrogen) atoms. The van der Waals surface area contributed by atoms with Gasteiger partial charge in [-0.3, -0.25) is 43.8 Å². The van der Waals surface area contributed by atoms with E-state index in [0.29, 0.717) is 48.2 Å². The fourth-order valence-electron chi connectivity index (χ4n) is 8.53. The molecule has 4 aromatic rings. The number of benzene rings is 3. The summed E-state index contributed by atoms with van der Waals surface area (Å²) in [5.41, 5.74) is 7.93. The van der Waals surface area contributed by atoms with Crippen molar-refractivity contribution in [2.24, 2.45) is 11.7 Å². The highest BCUT2D eigenvalue weighted by atomic mass is 16.5. The maximum atomic E-state index is 13.4. The quantitative estimate of drug-likeness (QED) is 0.152. The normalized spacial score (nSPS) is 18.9. The number of rotatable bonds is 12. The van der Waals surface area contributed by atoms with Gasteiger partial charge in [0.2, 0.25) is 23.6 Å². The third-order valence-electron chi connectivity index (χ3n) is 11.7. The van der Waals surface area contributed by atoms with Crippen molar-refractivity contribution < 1.29 is 38.3 Å². The number of imide groups is 2. The van der Waals surface area contributed by atoms with Crippen molar-refractivity contribution in [2.45, 2.75) is 50.6 Å². The average molecular weight is 816 g/mol. The maximum absolute atomic E-state index is 13.4. The number of likely N-dealkylation sites (tertiary alicyclic amines) is 1. The molecule has 0 spiro atoms. The van der Waals surface area contributed by atoms with Gasteiger partial charge in [-0.25, -0.2) is 4.68 Å². The summed E-state index contributed by atoms with van der Waals surface area (Å²) in [5, 5.41) is 13.4. The van der Waals surface area contributed by atoms with Crippen LogP contribution >= 0.6 is 0 Å². The Balaban J connectivity index is 0.840. The molecule has 17 nitrogen and oxygen atoms in total. The number of carbonyl (C=O) groups is 7. The number of nitrogens with two attached hydrogens (primary N) is 1. The second kappa shape index (κ2) is 16.7. The van der Waals surface area contributed by atoms with E-state index in [1.54, 1.807) is 19.2 Å². The Kier molecular flexibility index (Phi) is 11.1. The number of hydrogen-bond donors (Lipinski definition) is 4. The van der Waals surface area contributed by atoms with Crippen LogP contribution in [0.15, 0.2) is 72.8 Å². The Morgan fingerprint density at radius 1 is 0.900 bits per heavy atom. The van der Waals surface area contributed by atoms with Crippen LogP contribution in [-0.4, -0.2) is 112 Å². The SMILES string of the molecule is CN(CCC(=O)N1CCC([C@@H]2CCNc3c(C(N)=O)c(-c4ccc(Oc5ccccc5)cc4)nn32)CC1)C(=O)CNc1cccc2c1C(=O)N(C1CCC(=O)NC1=O)C2=O. The number of likely N-dealkylation sites (N-methyl/N-ethyl adjacent to an activating group) is 1. The molecule has 0 saturated carbocycles. The van der Waals surface area contributed by atoms with E-state index in [4.69, 9.17) is 15.6 Å². The lowest BCUT2D eigenvalue weighted by atomic mass is 9.86. The molecule has 0 bridgehead atoms. The van der Waals surface area contributed by atoms with Gasteiger partial charge in [0.1, 0.15) is 34.6 Å². The summed E-state index contributed by atoms with van der Waals surface area (Å²) in [4.78, 5) is 94.1. The van der Waals surface area contributed by atoms with Crippen molar-refractivity contribution in [3.63, 3.8) is 0 Å². The number of carbonyl (C=O) groups excluding carboxylic acids is 7. The van der Waals surface area contributed by atoms with E-state index in [-0.39, 0.29) is 72.9 Å². The van der Waals surface area contributed by atoms with Crippen LogP contribution in [0.3, 0.4) is 0 Å². The smallest absolute Gasteiger partial charge is 0.264 e. The van der Waals surface area contributed by atoms with Gasteiger partial charge in [-0.05, 0) is 80.1 Å². The van der Waals surface area contributed by atoms with Gasteiger partial charge in [-0.1, -0.05) is 24.3 Å². The van der Waals surface area contributed by atoms with Crippen molar-refractivity contribution in [3.05, 3.63) is 89.5 Å². The van der Waals surface area contributed by atoms with E-state index in [9.17, 15) is 33.6 Å². The second-order valence-electron chi connectivity index (χ2n) is 15.4. The first kappa shape index (κ1) is 39.8. The number of aromatic nitrogens is 2. The number of fused-ring (bicyclic) bond motifs is 2. The van der Waals surface area contributed by atoms with E-state index in [1.807, 2.05) is 64.2 Å². The standard InChI is InChI=1S/C43H45N9O8/c1-49(35(55)24-46-30-9-5-8-29-36(30)43(59)51(42(29)58)32-14-15-33(53)47-41(32)57)21-19-34(54)50-22-17-25(18-23-50)31-16-20-45-40-37(39(44)56)38(48-52(31)40)26-10-12-28(13-11-26)60-27-6-3-2-4-7-27/h2-13,25,31-32,45-46H,14-24H2,1H3,(H2,44,56)(H,47,53,57)/t31-,32?/m0/s1. The maximum Gasteiger partial charge on any atom is 0.264 e. The first-order chi connectivity index (χ1) is 29.0. The van der Waals surface area contributed by atoms with Gasteiger partial charge in [-0.2, -0.15) is 5.10 Å². The number of ether oxygens (including phenoxy) is 1. The van der Waals surface area contributed by atoms with Crippen LogP contribution < -0.4 is 26.4 Å². The van der Waals surface area contributed by atoms with Crippen LogP contribution in [0.2, 0.25) is 0 Å². The Bertz CT molecular complexity index is 2370. The fourth-order valence-corrected chi connectivity index (χ4v) is 8.53. The van der Waals surface area contributed by atoms with Crippen molar-refractivity contribution in [1.82, 2.24) is 29.8 Å². The van der Waals surface area contributed by atoms with Gasteiger partial charge < -0.3 is 30.9 Å². The Hall–Kier alpha value is -7.04. The van der Waals surface area contributed by atoms with Crippen LogP contribution in [0.4, 0.5) is 11.5 Å². The molecule has 3 aromatic carbocycles. The molecule has 310 valence electrons. The van der Waals surface area contributed by atoms with Gasteiger partial charge in [0.05, 0.1) is 23.7 Å². The van der Waals surface area contributed by atoms with Crippen molar-refractivity contribution in [2.75, 3.05) is 50.4 Å². The number of anilines is 2. The number of para-hydroxylation sites is 1. The summed E-state index contributed by atoms with van der Waals surface area (Å²) in [6.45, 7) is 1.71. The third-order valence-corrected chi connectivity index (χ3v) is 11.7. The van der Waals surface area contributed by atoms with Crippen molar-refractivity contribution in [1.29, 1.82) is 0 Å². The second-order valence-corrected chi connectivity index (χ2v) is 15.4. The Morgan fingerprint density at radius 3 is 2.35 bits per heavy atom. The number of piperidine rings is 2. The van der Waals surface area contributed by atoms with E-state index in [1.165, 1.54) is 11.0 Å². The minimum atomic E-state index is -1.10. The van der Waals surface area contributed by atoms with Gasteiger partial charge >= 0.3 is 0 Å². The molecule has 4 aliphatic heterocycles. The van der Waals surface area contributed by atoms with E-state index >= 15 is 0 Å². The van der Waals surface area contributed by atoms with Gasteiger partial charge in [0.15, 0.2) is 0 Å². The van der Waals surface area contributed by atoms with Gasteiger partial charge in [0, 0.05) is 57.3 Å². The predicted octanol–water partition coefficient (Wildman–Crippen LogP) is 3.40. The number of primary amides is 1. The first-order valence-corrected chi connectivity index (χ1v) is 20.1. The molecule has 5 N–H and O–H groups in total. The molecule has 7 amide bonds. The van der Waals surface area contributed by atoms with Crippen LogP contribution in [0, 0.1) is 5.92 Å².